The van der Waals surface area contributed by atoms with Crippen LogP contribution in [0.15, 0.2) is 83.9 Å². The fourth-order valence-corrected chi connectivity index (χ4v) is 3.67. The monoisotopic (exact) mass is 356 g/mol. The van der Waals surface area contributed by atoms with E-state index in [9.17, 15) is 5.11 Å². The third-order valence-corrected chi connectivity index (χ3v) is 5.16. The Bertz CT molecular complexity index is 932. The molecule has 0 saturated heterocycles. The van der Waals surface area contributed by atoms with Crippen LogP contribution in [-0.2, 0) is 13.0 Å². The molecular weight excluding hydrogens is 332 g/mol. The summed E-state index contributed by atoms with van der Waals surface area (Å²) < 4.78 is 0. The van der Waals surface area contributed by atoms with Crippen LogP contribution in [-0.4, -0.2) is 22.9 Å². The smallest absolute Gasteiger partial charge is 0.115 e. The summed E-state index contributed by atoms with van der Waals surface area (Å²) in [7, 11) is 2.12. The zero-order valence-electron chi connectivity index (χ0n) is 15.5. The predicted molar refractivity (Wildman–Crippen MR) is 110 cm³/mol. The van der Waals surface area contributed by atoms with Gasteiger partial charge in [0, 0.05) is 20.0 Å². The van der Waals surface area contributed by atoms with Crippen LogP contribution in [0, 0.1) is 0 Å². The van der Waals surface area contributed by atoms with Gasteiger partial charge in [0.05, 0.1) is 0 Å². The number of aromatic hydroxyl groups is 1. The van der Waals surface area contributed by atoms with Crippen molar-refractivity contribution in [1.82, 2.24) is 4.90 Å². The first kappa shape index (κ1) is 17.3. The normalized spacial score (nSPS) is 16.4. The van der Waals surface area contributed by atoms with Gasteiger partial charge in [-0.2, -0.15) is 0 Å². The molecule has 1 N–H and O–H groups in total. The molecule has 1 aliphatic rings. The van der Waals surface area contributed by atoms with Gasteiger partial charge in [-0.05, 0) is 40.8 Å². The molecule has 27 heavy (non-hydrogen) atoms. The van der Waals surface area contributed by atoms with E-state index in [2.05, 4.69) is 60.5 Å². The topological polar surface area (TPSA) is 35.8 Å². The average molecular weight is 356 g/mol. The average Bonchev–Trinajstić information content (AvgIpc) is 2.84. The highest BCUT2D eigenvalue weighted by molar-refractivity contribution is 5.83. The van der Waals surface area contributed by atoms with Gasteiger partial charge in [-0.25, -0.2) is 0 Å². The second-order valence-electron chi connectivity index (χ2n) is 7.08. The van der Waals surface area contributed by atoms with Crippen LogP contribution >= 0.6 is 0 Å². The summed E-state index contributed by atoms with van der Waals surface area (Å²) in [4.78, 5) is 7.46. The minimum absolute atomic E-state index is 0.0298. The molecule has 0 radical (unpaired) electrons. The lowest BCUT2D eigenvalue weighted by Gasteiger charge is -2.20. The molecular formula is C24H24N2O. The first-order valence-electron chi connectivity index (χ1n) is 9.39. The molecule has 0 amide bonds. The summed E-state index contributed by atoms with van der Waals surface area (Å²) in [6, 6.07) is 26.6. The Morgan fingerprint density at radius 3 is 2.37 bits per heavy atom. The lowest BCUT2D eigenvalue weighted by Crippen LogP contribution is -2.26. The number of aliphatic imine (C=N–C) groups is 1. The number of rotatable bonds is 4. The van der Waals surface area contributed by atoms with E-state index in [-0.39, 0.29) is 6.04 Å². The predicted octanol–water partition coefficient (Wildman–Crippen LogP) is 4.96. The van der Waals surface area contributed by atoms with E-state index in [1.54, 1.807) is 12.1 Å². The summed E-state index contributed by atoms with van der Waals surface area (Å²) in [6.45, 7) is 0.869. The van der Waals surface area contributed by atoms with Gasteiger partial charge in [-0.3, -0.25) is 4.99 Å². The lowest BCUT2D eigenvalue weighted by atomic mass is 9.95. The Labute approximate surface area is 160 Å². The zero-order chi connectivity index (χ0) is 18.6. The van der Waals surface area contributed by atoms with Gasteiger partial charge in [0.1, 0.15) is 17.6 Å². The largest absolute Gasteiger partial charge is 0.508 e. The number of nitrogens with zero attached hydrogens (tertiary/aromatic N) is 2. The van der Waals surface area contributed by atoms with Crippen molar-refractivity contribution in [1.29, 1.82) is 0 Å². The van der Waals surface area contributed by atoms with Crippen LogP contribution in [0.3, 0.4) is 0 Å². The summed E-state index contributed by atoms with van der Waals surface area (Å²) in [5, 5.41) is 9.48. The van der Waals surface area contributed by atoms with Crippen molar-refractivity contribution in [2.45, 2.75) is 25.4 Å². The van der Waals surface area contributed by atoms with Crippen LogP contribution in [0.25, 0.3) is 0 Å². The first-order chi connectivity index (χ1) is 13.2. The van der Waals surface area contributed by atoms with Gasteiger partial charge >= 0.3 is 0 Å². The van der Waals surface area contributed by atoms with Crippen molar-refractivity contribution in [3.63, 3.8) is 0 Å². The molecule has 0 saturated carbocycles. The van der Waals surface area contributed by atoms with Gasteiger partial charge in [0.15, 0.2) is 0 Å². The van der Waals surface area contributed by atoms with Crippen molar-refractivity contribution >= 4 is 5.84 Å². The number of hydrogen-bond acceptors (Lipinski definition) is 3. The maximum atomic E-state index is 9.48. The molecule has 4 rings (SSSR count). The maximum Gasteiger partial charge on any atom is 0.115 e. The van der Waals surface area contributed by atoms with E-state index in [4.69, 9.17) is 4.99 Å². The van der Waals surface area contributed by atoms with Crippen molar-refractivity contribution in [2.24, 2.45) is 4.99 Å². The first-order valence-corrected chi connectivity index (χ1v) is 9.39. The molecule has 3 heteroatoms. The Morgan fingerprint density at radius 2 is 1.59 bits per heavy atom. The van der Waals surface area contributed by atoms with Crippen molar-refractivity contribution in [3.05, 3.63) is 101 Å². The number of phenols is 1. The molecule has 0 fully saturated rings. The molecule has 0 bridgehead atoms. The van der Waals surface area contributed by atoms with Gasteiger partial charge in [0.25, 0.3) is 0 Å². The number of hydrogen-bond donors (Lipinski definition) is 1. The van der Waals surface area contributed by atoms with E-state index in [1.807, 2.05) is 18.2 Å². The van der Waals surface area contributed by atoms with Crippen LogP contribution in [0.4, 0.5) is 0 Å². The fourth-order valence-electron chi connectivity index (χ4n) is 3.67. The molecule has 1 atom stereocenters. The second kappa shape index (κ2) is 7.67. The number of benzene rings is 3. The van der Waals surface area contributed by atoms with Gasteiger partial charge < -0.3 is 10.0 Å². The quantitative estimate of drug-likeness (QED) is 0.717. The van der Waals surface area contributed by atoms with Crippen LogP contribution in [0.1, 0.15) is 34.7 Å². The Kier molecular flexibility index (Phi) is 4.93. The summed E-state index contributed by atoms with van der Waals surface area (Å²) in [6.07, 6.45) is 1.78. The minimum atomic E-state index is 0.0298. The van der Waals surface area contributed by atoms with Crippen LogP contribution in [0.2, 0.25) is 0 Å². The van der Waals surface area contributed by atoms with E-state index in [0.29, 0.717) is 5.75 Å². The highest BCUT2D eigenvalue weighted by Gasteiger charge is 2.23. The minimum Gasteiger partial charge on any atom is -0.508 e. The molecule has 1 aliphatic heterocycles. The highest BCUT2D eigenvalue weighted by Crippen LogP contribution is 2.32. The van der Waals surface area contributed by atoms with Crippen molar-refractivity contribution in [2.75, 3.05) is 7.05 Å². The summed E-state index contributed by atoms with van der Waals surface area (Å²) in [5.74, 6) is 1.43. The summed E-state index contributed by atoms with van der Waals surface area (Å²) in [5.41, 5.74) is 5.05. The van der Waals surface area contributed by atoms with Crippen LogP contribution < -0.4 is 0 Å². The SMILES string of the molecule is CN1Cc2ccccc2C(c2ccccc2)N=C1CCc1ccc(O)cc1. The van der Waals surface area contributed by atoms with Crippen molar-refractivity contribution in [3.8, 4) is 5.75 Å². The number of aryl methyl sites for hydroxylation is 1. The molecule has 0 aliphatic carbocycles. The highest BCUT2D eigenvalue weighted by atomic mass is 16.3. The van der Waals surface area contributed by atoms with Gasteiger partial charge in [-0.1, -0.05) is 66.7 Å². The molecule has 1 unspecified atom stereocenters. The third-order valence-electron chi connectivity index (χ3n) is 5.16. The lowest BCUT2D eigenvalue weighted by molar-refractivity contribution is 0.475. The standard InChI is InChI=1S/C24H24N2O/c1-26-17-20-9-5-6-10-22(20)24(19-7-3-2-4-8-19)25-23(26)16-13-18-11-14-21(27)15-12-18/h2-12,14-15,24,27H,13,16-17H2,1H3. The number of amidine groups is 1. The fraction of sp³-hybridized carbons (Fsp3) is 0.208. The Morgan fingerprint density at radius 1 is 0.889 bits per heavy atom. The van der Waals surface area contributed by atoms with E-state index < -0.39 is 0 Å². The van der Waals surface area contributed by atoms with Crippen LogP contribution in [0.5, 0.6) is 5.75 Å². The molecule has 1 heterocycles. The molecule has 0 aromatic heterocycles. The summed E-state index contributed by atoms with van der Waals surface area (Å²) >= 11 is 0. The number of phenolic OH excluding ortho intramolecular Hbond substituents is 1. The Balaban J connectivity index is 1.66. The zero-order valence-corrected chi connectivity index (χ0v) is 15.5. The van der Waals surface area contributed by atoms with E-state index >= 15 is 0 Å². The number of fused-ring (bicyclic) bond motifs is 1. The molecule has 3 aromatic rings. The molecule has 3 aromatic carbocycles. The second-order valence-corrected chi connectivity index (χ2v) is 7.08. The maximum absolute atomic E-state index is 9.48. The molecule has 136 valence electrons. The van der Waals surface area contributed by atoms with Gasteiger partial charge in [-0.15, -0.1) is 0 Å². The van der Waals surface area contributed by atoms with Gasteiger partial charge in [0.2, 0.25) is 0 Å². The van der Waals surface area contributed by atoms with Crippen molar-refractivity contribution < 1.29 is 5.11 Å². The van der Waals surface area contributed by atoms with E-state index in [1.165, 1.54) is 22.3 Å². The third kappa shape index (κ3) is 3.87. The van der Waals surface area contributed by atoms with E-state index in [0.717, 1.165) is 25.2 Å². The molecule has 3 nitrogen and oxygen atoms in total. The molecule has 0 spiro atoms. The Hall–Kier alpha value is -3.07.